The molecule has 0 spiro atoms. The summed E-state index contributed by atoms with van der Waals surface area (Å²) in [6.07, 6.45) is 24.3. The lowest BCUT2D eigenvalue weighted by atomic mass is 9.74. The van der Waals surface area contributed by atoms with Gasteiger partial charge in [-0.3, -0.25) is 0 Å². The minimum absolute atomic E-state index is 1.08. The topological polar surface area (TPSA) is 0 Å². The first-order chi connectivity index (χ1) is 10.8. The summed E-state index contributed by atoms with van der Waals surface area (Å²) in [6.45, 7) is 4.68. The van der Waals surface area contributed by atoms with Gasteiger partial charge in [0.05, 0.1) is 0 Å². The Morgan fingerprint density at radius 3 is 1.27 bits per heavy atom. The van der Waals surface area contributed by atoms with Crippen molar-refractivity contribution in [1.82, 2.24) is 0 Å². The predicted octanol–water partition coefficient (Wildman–Crippen LogP) is 7.76. The Kier molecular flexibility index (Phi) is 8.93. The third kappa shape index (κ3) is 6.63. The summed E-state index contributed by atoms with van der Waals surface area (Å²) in [7, 11) is 0. The summed E-state index contributed by atoms with van der Waals surface area (Å²) < 4.78 is 0. The molecule has 0 unspecified atom stereocenters. The molecule has 0 atom stereocenters. The van der Waals surface area contributed by atoms with Gasteiger partial charge in [0.15, 0.2) is 0 Å². The van der Waals surface area contributed by atoms with Crippen LogP contribution < -0.4 is 0 Å². The van der Waals surface area contributed by atoms with Crippen molar-refractivity contribution in [3.8, 4) is 0 Å². The monoisotopic (exact) mass is 306 g/mol. The fourth-order valence-electron chi connectivity index (χ4n) is 5.18. The average Bonchev–Trinajstić information content (AvgIpc) is 2.56. The van der Waals surface area contributed by atoms with E-state index in [2.05, 4.69) is 13.8 Å². The fraction of sp³-hybridized carbons (Fsp3) is 1.00. The second-order valence-corrected chi connectivity index (χ2v) is 8.64. The summed E-state index contributed by atoms with van der Waals surface area (Å²) in [4.78, 5) is 0. The molecule has 0 aromatic heterocycles. The quantitative estimate of drug-likeness (QED) is 0.382. The molecule has 22 heavy (non-hydrogen) atoms. The minimum atomic E-state index is 1.08. The highest BCUT2D eigenvalue weighted by Crippen LogP contribution is 2.38. The maximum absolute atomic E-state index is 2.35. The van der Waals surface area contributed by atoms with Crippen molar-refractivity contribution in [2.75, 3.05) is 0 Å². The molecule has 0 amide bonds. The normalized spacial score (nSPS) is 33.0. The molecule has 2 aliphatic carbocycles. The van der Waals surface area contributed by atoms with E-state index in [4.69, 9.17) is 0 Å². The van der Waals surface area contributed by atoms with Crippen molar-refractivity contribution in [2.24, 2.45) is 23.7 Å². The summed E-state index contributed by atoms with van der Waals surface area (Å²) in [5, 5.41) is 0. The largest absolute Gasteiger partial charge is 0.0654 e. The molecule has 2 rings (SSSR count). The van der Waals surface area contributed by atoms with Crippen LogP contribution in [0.15, 0.2) is 0 Å². The van der Waals surface area contributed by atoms with Gasteiger partial charge in [-0.1, -0.05) is 117 Å². The van der Waals surface area contributed by atoms with Crippen LogP contribution in [0.25, 0.3) is 0 Å². The van der Waals surface area contributed by atoms with Crippen molar-refractivity contribution in [1.29, 1.82) is 0 Å². The molecule has 2 aliphatic rings. The van der Waals surface area contributed by atoms with Crippen molar-refractivity contribution in [3.63, 3.8) is 0 Å². The van der Waals surface area contributed by atoms with E-state index < -0.39 is 0 Å². The number of unbranched alkanes of at least 4 members (excludes halogenated alkanes) is 2. The highest BCUT2D eigenvalue weighted by molar-refractivity contribution is 4.76. The van der Waals surface area contributed by atoms with E-state index in [0.29, 0.717) is 0 Å². The first-order valence-corrected chi connectivity index (χ1v) is 10.8. The summed E-state index contributed by atoms with van der Waals surface area (Å²) >= 11 is 0. The lowest BCUT2D eigenvalue weighted by Crippen LogP contribution is -2.18. The van der Waals surface area contributed by atoms with Crippen LogP contribution in [0.1, 0.15) is 117 Å². The minimum Gasteiger partial charge on any atom is -0.0654 e. The van der Waals surface area contributed by atoms with E-state index in [1.807, 2.05) is 0 Å². The van der Waals surface area contributed by atoms with E-state index >= 15 is 0 Å². The third-order valence-corrected chi connectivity index (χ3v) is 6.83. The molecule has 130 valence electrons. The summed E-state index contributed by atoms with van der Waals surface area (Å²) in [6, 6.07) is 0. The van der Waals surface area contributed by atoms with Gasteiger partial charge >= 0.3 is 0 Å². The van der Waals surface area contributed by atoms with Gasteiger partial charge in [0.2, 0.25) is 0 Å². The summed E-state index contributed by atoms with van der Waals surface area (Å²) in [5.74, 6) is 4.36. The highest BCUT2D eigenvalue weighted by atomic mass is 14.3. The molecule has 0 heterocycles. The van der Waals surface area contributed by atoms with Gasteiger partial charge in [0.1, 0.15) is 0 Å². The van der Waals surface area contributed by atoms with Crippen LogP contribution in [-0.2, 0) is 0 Å². The van der Waals surface area contributed by atoms with Crippen LogP contribution in [0.2, 0.25) is 0 Å². The smallest absolute Gasteiger partial charge is 0.0414 e. The van der Waals surface area contributed by atoms with E-state index in [0.717, 1.165) is 23.7 Å². The van der Waals surface area contributed by atoms with Crippen LogP contribution in [0.4, 0.5) is 0 Å². The van der Waals surface area contributed by atoms with Crippen molar-refractivity contribution >= 4 is 0 Å². The van der Waals surface area contributed by atoms with Gasteiger partial charge in [-0.05, 0) is 23.7 Å². The van der Waals surface area contributed by atoms with E-state index in [9.17, 15) is 0 Å². The van der Waals surface area contributed by atoms with Crippen LogP contribution >= 0.6 is 0 Å². The third-order valence-electron chi connectivity index (χ3n) is 6.83. The zero-order chi connectivity index (χ0) is 15.6. The Morgan fingerprint density at radius 1 is 0.455 bits per heavy atom. The van der Waals surface area contributed by atoms with Gasteiger partial charge in [-0.25, -0.2) is 0 Å². The Hall–Kier alpha value is 0. The molecule has 0 radical (unpaired) electrons. The average molecular weight is 307 g/mol. The van der Waals surface area contributed by atoms with Crippen LogP contribution in [0.5, 0.6) is 0 Å². The molecular weight excluding hydrogens is 264 g/mol. The molecule has 0 nitrogen and oxygen atoms in total. The lowest BCUT2D eigenvalue weighted by molar-refractivity contribution is 0.208. The van der Waals surface area contributed by atoms with Crippen molar-refractivity contribution in [3.05, 3.63) is 0 Å². The molecule has 0 aromatic carbocycles. The first kappa shape index (κ1) is 18.3. The van der Waals surface area contributed by atoms with E-state index in [1.54, 1.807) is 64.2 Å². The van der Waals surface area contributed by atoms with Gasteiger partial charge in [-0.2, -0.15) is 0 Å². The molecule has 0 saturated heterocycles. The van der Waals surface area contributed by atoms with Gasteiger partial charge in [0, 0.05) is 0 Å². The fourth-order valence-corrected chi connectivity index (χ4v) is 5.18. The van der Waals surface area contributed by atoms with E-state index in [1.165, 1.54) is 38.5 Å². The maximum Gasteiger partial charge on any atom is -0.0414 e. The van der Waals surface area contributed by atoms with Crippen LogP contribution in [-0.4, -0.2) is 0 Å². The standard InChI is InChI=1S/C22H42/c1-3-5-6-8-20-11-15-22(16-12-20)18-17-21-13-9-19(7-4-2)10-14-21/h19-22H,3-18H2,1-2H3. The Labute approximate surface area is 140 Å². The van der Waals surface area contributed by atoms with Crippen LogP contribution in [0, 0.1) is 23.7 Å². The Balaban J connectivity index is 1.52. The van der Waals surface area contributed by atoms with Crippen LogP contribution in [0.3, 0.4) is 0 Å². The zero-order valence-corrected chi connectivity index (χ0v) is 15.6. The van der Waals surface area contributed by atoms with Crippen molar-refractivity contribution in [2.45, 2.75) is 117 Å². The molecule has 0 aliphatic heterocycles. The number of rotatable bonds is 9. The molecular formula is C22H42. The van der Waals surface area contributed by atoms with Gasteiger partial charge < -0.3 is 0 Å². The predicted molar refractivity (Wildman–Crippen MR) is 99.2 cm³/mol. The molecule has 0 bridgehead atoms. The molecule has 2 fully saturated rings. The molecule has 0 N–H and O–H groups in total. The molecule has 0 aromatic rings. The number of hydrogen-bond donors (Lipinski definition) is 0. The Morgan fingerprint density at radius 2 is 0.864 bits per heavy atom. The summed E-state index contributed by atoms with van der Waals surface area (Å²) in [5.41, 5.74) is 0. The SMILES string of the molecule is CCCCCC1CCC(CCC2CCC(CCC)CC2)CC1. The zero-order valence-electron chi connectivity index (χ0n) is 15.6. The molecule has 2 saturated carbocycles. The Bertz CT molecular complexity index is 253. The highest BCUT2D eigenvalue weighted by Gasteiger charge is 2.24. The lowest BCUT2D eigenvalue weighted by Gasteiger charge is -2.32. The number of hydrogen-bond acceptors (Lipinski definition) is 0. The van der Waals surface area contributed by atoms with E-state index in [-0.39, 0.29) is 0 Å². The second-order valence-electron chi connectivity index (χ2n) is 8.64. The van der Waals surface area contributed by atoms with Gasteiger partial charge in [0.25, 0.3) is 0 Å². The molecule has 0 heteroatoms. The van der Waals surface area contributed by atoms with Gasteiger partial charge in [-0.15, -0.1) is 0 Å². The second kappa shape index (κ2) is 10.7. The van der Waals surface area contributed by atoms with Crippen molar-refractivity contribution < 1.29 is 0 Å². The first-order valence-electron chi connectivity index (χ1n) is 10.8. The maximum atomic E-state index is 2.35.